The van der Waals surface area contributed by atoms with Gasteiger partial charge >= 0.3 is 0 Å². The monoisotopic (exact) mass is 356 g/mol. The molecule has 0 saturated heterocycles. The SMILES string of the molecule is CCN(C(=O)CN1C(=O)c2ccc(Cl)cc2C1=O)c1cccc(C)c1. The summed E-state index contributed by atoms with van der Waals surface area (Å²) in [6, 6.07) is 12.1. The van der Waals surface area contributed by atoms with Gasteiger partial charge in [0.2, 0.25) is 5.91 Å². The second-order valence-electron chi connectivity index (χ2n) is 5.86. The predicted molar refractivity (Wildman–Crippen MR) is 96.0 cm³/mol. The third-order valence-electron chi connectivity index (χ3n) is 4.16. The zero-order valence-corrected chi connectivity index (χ0v) is 14.7. The first-order valence-electron chi connectivity index (χ1n) is 7.95. The summed E-state index contributed by atoms with van der Waals surface area (Å²) in [5.74, 6) is -1.27. The van der Waals surface area contributed by atoms with E-state index in [2.05, 4.69) is 0 Å². The lowest BCUT2D eigenvalue weighted by Crippen LogP contribution is -2.42. The van der Waals surface area contributed by atoms with E-state index in [-0.39, 0.29) is 23.6 Å². The van der Waals surface area contributed by atoms with Gasteiger partial charge in [-0.2, -0.15) is 0 Å². The number of fused-ring (bicyclic) bond motifs is 1. The van der Waals surface area contributed by atoms with E-state index in [0.29, 0.717) is 11.6 Å². The molecular formula is C19H17ClN2O3. The van der Waals surface area contributed by atoms with E-state index in [1.165, 1.54) is 12.1 Å². The molecule has 1 heterocycles. The molecule has 3 amide bonds. The maximum atomic E-state index is 12.7. The fourth-order valence-corrected chi connectivity index (χ4v) is 3.10. The van der Waals surface area contributed by atoms with Crippen LogP contribution in [0.1, 0.15) is 33.2 Å². The van der Waals surface area contributed by atoms with Crippen LogP contribution in [0.4, 0.5) is 5.69 Å². The van der Waals surface area contributed by atoms with Crippen LogP contribution in [-0.2, 0) is 4.79 Å². The van der Waals surface area contributed by atoms with Crippen molar-refractivity contribution in [2.75, 3.05) is 18.0 Å². The fraction of sp³-hybridized carbons (Fsp3) is 0.211. The number of aryl methyl sites for hydroxylation is 1. The number of anilines is 1. The summed E-state index contributed by atoms with van der Waals surface area (Å²) in [4.78, 5) is 40.2. The van der Waals surface area contributed by atoms with E-state index in [4.69, 9.17) is 11.6 Å². The van der Waals surface area contributed by atoms with Crippen LogP contribution in [0, 0.1) is 6.92 Å². The van der Waals surface area contributed by atoms with Crippen molar-refractivity contribution in [3.8, 4) is 0 Å². The summed E-state index contributed by atoms with van der Waals surface area (Å²) in [7, 11) is 0. The second-order valence-corrected chi connectivity index (χ2v) is 6.30. The van der Waals surface area contributed by atoms with Crippen LogP contribution < -0.4 is 4.90 Å². The molecule has 0 radical (unpaired) electrons. The molecule has 3 rings (SSSR count). The summed E-state index contributed by atoms with van der Waals surface area (Å²) in [6.07, 6.45) is 0. The third-order valence-corrected chi connectivity index (χ3v) is 4.39. The average Bonchev–Trinajstić information content (AvgIpc) is 2.80. The Kier molecular flexibility index (Phi) is 4.59. The molecule has 0 N–H and O–H groups in total. The summed E-state index contributed by atoms with van der Waals surface area (Å²) >= 11 is 5.90. The number of carbonyl (C=O) groups excluding carboxylic acids is 3. The maximum absolute atomic E-state index is 12.7. The van der Waals surface area contributed by atoms with Gasteiger partial charge in [0, 0.05) is 17.3 Å². The van der Waals surface area contributed by atoms with Gasteiger partial charge in [0.15, 0.2) is 0 Å². The van der Waals surface area contributed by atoms with Gasteiger partial charge in [-0.15, -0.1) is 0 Å². The minimum absolute atomic E-state index is 0.240. The quantitative estimate of drug-likeness (QED) is 0.790. The number of rotatable bonds is 4. The van der Waals surface area contributed by atoms with Gasteiger partial charge in [0.25, 0.3) is 11.8 Å². The Labute approximate surface area is 150 Å². The highest BCUT2D eigenvalue weighted by Crippen LogP contribution is 2.26. The Balaban J connectivity index is 1.83. The summed E-state index contributed by atoms with van der Waals surface area (Å²) in [5.41, 5.74) is 2.29. The molecule has 2 aromatic rings. The largest absolute Gasteiger partial charge is 0.311 e. The first-order chi connectivity index (χ1) is 11.9. The van der Waals surface area contributed by atoms with Gasteiger partial charge < -0.3 is 4.90 Å². The number of imide groups is 1. The summed E-state index contributed by atoms with van der Waals surface area (Å²) < 4.78 is 0. The zero-order chi connectivity index (χ0) is 18.1. The molecule has 2 aromatic carbocycles. The van der Waals surface area contributed by atoms with Gasteiger partial charge in [-0.25, -0.2) is 0 Å². The van der Waals surface area contributed by atoms with Gasteiger partial charge in [0.05, 0.1) is 11.1 Å². The molecule has 5 nitrogen and oxygen atoms in total. The Hall–Kier alpha value is -2.66. The number of hydrogen-bond donors (Lipinski definition) is 0. The van der Waals surface area contributed by atoms with Crippen molar-refractivity contribution in [2.24, 2.45) is 0 Å². The smallest absolute Gasteiger partial charge is 0.262 e. The lowest BCUT2D eigenvalue weighted by atomic mass is 10.1. The van der Waals surface area contributed by atoms with Gasteiger partial charge in [-0.1, -0.05) is 23.7 Å². The number of likely N-dealkylation sites (N-methyl/N-ethyl adjacent to an activating group) is 1. The van der Waals surface area contributed by atoms with Gasteiger partial charge in [-0.05, 0) is 49.7 Å². The molecule has 0 aromatic heterocycles. The molecule has 0 unspecified atom stereocenters. The normalized spacial score (nSPS) is 13.2. The standard InChI is InChI=1S/C19H17ClN2O3/c1-3-21(14-6-4-5-12(2)9-14)17(23)11-22-18(24)15-8-7-13(20)10-16(15)19(22)25/h4-10H,3,11H2,1-2H3. The Bertz CT molecular complexity index is 879. The van der Waals surface area contributed by atoms with Crippen LogP contribution in [0.15, 0.2) is 42.5 Å². The van der Waals surface area contributed by atoms with E-state index in [9.17, 15) is 14.4 Å². The number of carbonyl (C=O) groups is 3. The minimum atomic E-state index is -0.490. The minimum Gasteiger partial charge on any atom is -0.311 e. The molecule has 1 aliphatic heterocycles. The van der Waals surface area contributed by atoms with Crippen molar-refractivity contribution >= 4 is 35.0 Å². The fourth-order valence-electron chi connectivity index (χ4n) is 2.93. The molecule has 0 aliphatic carbocycles. The molecule has 0 atom stereocenters. The highest BCUT2D eigenvalue weighted by atomic mass is 35.5. The van der Waals surface area contributed by atoms with E-state index in [0.717, 1.165) is 16.2 Å². The first kappa shape index (κ1) is 17.2. The third kappa shape index (κ3) is 3.15. The van der Waals surface area contributed by atoms with Crippen LogP contribution in [0.25, 0.3) is 0 Å². The lowest BCUT2D eigenvalue weighted by Gasteiger charge is -2.24. The van der Waals surface area contributed by atoms with Gasteiger partial charge in [0.1, 0.15) is 6.54 Å². The predicted octanol–water partition coefficient (Wildman–Crippen LogP) is 3.30. The average molecular weight is 357 g/mol. The van der Waals surface area contributed by atoms with Crippen LogP contribution in [0.3, 0.4) is 0 Å². The Morgan fingerprint density at radius 1 is 1.08 bits per heavy atom. The number of hydrogen-bond acceptors (Lipinski definition) is 3. The molecule has 0 saturated carbocycles. The highest BCUT2D eigenvalue weighted by Gasteiger charge is 2.37. The summed E-state index contributed by atoms with van der Waals surface area (Å²) in [6.45, 7) is 3.93. The van der Waals surface area contributed by atoms with Crippen LogP contribution >= 0.6 is 11.6 Å². The van der Waals surface area contributed by atoms with E-state index >= 15 is 0 Å². The summed E-state index contributed by atoms with van der Waals surface area (Å²) in [5, 5.41) is 0.378. The first-order valence-corrected chi connectivity index (χ1v) is 8.33. The van der Waals surface area contributed by atoms with Crippen molar-refractivity contribution in [1.29, 1.82) is 0 Å². The van der Waals surface area contributed by atoms with Crippen LogP contribution in [0.2, 0.25) is 5.02 Å². The molecular weight excluding hydrogens is 340 g/mol. The topological polar surface area (TPSA) is 57.7 Å². The van der Waals surface area contributed by atoms with Crippen molar-refractivity contribution < 1.29 is 14.4 Å². The Morgan fingerprint density at radius 2 is 1.80 bits per heavy atom. The number of halogens is 1. The highest BCUT2D eigenvalue weighted by molar-refractivity contribution is 6.32. The maximum Gasteiger partial charge on any atom is 0.262 e. The van der Waals surface area contributed by atoms with Gasteiger partial charge in [-0.3, -0.25) is 19.3 Å². The molecule has 0 fully saturated rings. The molecule has 6 heteroatoms. The second kappa shape index (κ2) is 6.69. The number of amides is 3. The van der Waals surface area contributed by atoms with Crippen LogP contribution in [-0.4, -0.2) is 35.7 Å². The zero-order valence-electron chi connectivity index (χ0n) is 14.0. The van der Waals surface area contributed by atoms with Crippen molar-refractivity contribution in [3.63, 3.8) is 0 Å². The molecule has 0 spiro atoms. The van der Waals surface area contributed by atoms with Crippen molar-refractivity contribution in [2.45, 2.75) is 13.8 Å². The van der Waals surface area contributed by atoms with E-state index < -0.39 is 11.8 Å². The van der Waals surface area contributed by atoms with E-state index in [1.54, 1.807) is 11.0 Å². The van der Waals surface area contributed by atoms with Crippen molar-refractivity contribution in [1.82, 2.24) is 4.90 Å². The van der Waals surface area contributed by atoms with Crippen LogP contribution in [0.5, 0.6) is 0 Å². The van der Waals surface area contributed by atoms with Crippen molar-refractivity contribution in [3.05, 3.63) is 64.2 Å². The lowest BCUT2D eigenvalue weighted by molar-refractivity contribution is -0.118. The number of nitrogens with zero attached hydrogens (tertiary/aromatic N) is 2. The number of benzene rings is 2. The molecule has 0 bridgehead atoms. The molecule has 128 valence electrons. The van der Waals surface area contributed by atoms with E-state index in [1.807, 2.05) is 38.1 Å². The Morgan fingerprint density at radius 3 is 2.48 bits per heavy atom. The molecule has 1 aliphatic rings. The molecule has 25 heavy (non-hydrogen) atoms.